The van der Waals surface area contributed by atoms with Gasteiger partial charge in [-0.25, -0.2) is 4.79 Å². The topological polar surface area (TPSA) is 48.1 Å². The van der Waals surface area contributed by atoms with Crippen LogP contribution in [0.4, 0.5) is 4.79 Å². The van der Waals surface area contributed by atoms with Gasteiger partial charge in [0.2, 0.25) is 0 Å². The fourth-order valence-corrected chi connectivity index (χ4v) is 4.79. The van der Waals surface area contributed by atoms with Gasteiger partial charge in [0, 0.05) is 39.3 Å². The molecular formula is C19H36N4O2. The van der Waals surface area contributed by atoms with Gasteiger partial charge < -0.3 is 24.8 Å². The number of rotatable bonds is 0. The molecule has 4 aliphatic heterocycles. The first-order valence-corrected chi connectivity index (χ1v) is 9.77. The third-order valence-corrected chi connectivity index (χ3v) is 5.89. The standard InChI is InChI=1S/C12H22N2O2.C7H14N2/c1-12(2,3)16-11(15)14-7-9-5-13(4)6-10(9)8-14;1-9-4-6-2-8-3-7(6)5-9/h9-10H,5-8H2,1-4H3;6-8H,2-5H2,1H3. The minimum atomic E-state index is -0.383. The summed E-state index contributed by atoms with van der Waals surface area (Å²) in [6.07, 6.45) is -0.149. The second-order valence-electron chi connectivity index (χ2n) is 9.53. The largest absolute Gasteiger partial charge is 0.444 e. The number of hydrogen-bond donors (Lipinski definition) is 1. The van der Waals surface area contributed by atoms with Crippen molar-refractivity contribution in [1.29, 1.82) is 0 Å². The zero-order valence-corrected chi connectivity index (χ0v) is 16.6. The van der Waals surface area contributed by atoms with Crippen molar-refractivity contribution in [2.24, 2.45) is 23.7 Å². The molecule has 0 aromatic carbocycles. The molecule has 0 aliphatic carbocycles. The second-order valence-corrected chi connectivity index (χ2v) is 9.53. The molecule has 1 N–H and O–H groups in total. The number of carbonyl (C=O) groups is 1. The van der Waals surface area contributed by atoms with Gasteiger partial charge in [-0.05, 0) is 71.6 Å². The molecule has 4 fully saturated rings. The Kier molecular flexibility index (Phi) is 5.61. The maximum absolute atomic E-state index is 11.9. The highest BCUT2D eigenvalue weighted by Crippen LogP contribution is 2.31. The van der Waals surface area contributed by atoms with Gasteiger partial charge >= 0.3 is 6.09 Å². The number of fused-ring (bicyclic) bond motifs is 2. The lowest BCUT2D eigenvalue weighted by Crippen LogP contribution is -2.37. The molecule has 6 heteroatoms. The van der Waals surface area contributed by atoms with Crippen LogP contribution >= 0.6 is 0 Å². The maximum Gasteiger partial charge on any atom is 0.410 e. The van der Waals surface area contributed by atoms with Crippen molar-refractivity contribution in [3.05, 3.63) is 0 Å². The van der Waals surface area contributed by atoms with Crippen molar-refractivity contribution in [3.8, 4) is 0 Å². The minimum Gasteiger partial charge on any atom is -0.444 e. The summed E-state index contributed by atoms with van der Waals surface area (Å²) >= 11 is 0. The second kappa shape index (κ2) is 7.41. The highest BCUT2D eigenvalue weighted by Gasteiger charge is 2.41. The lowest BCUT2D eigenvalue weighted by atomic mass is 10.0. The first-order valence-electron chi connectivity index (χ1n) is 9.77. The van der Waals surface area contributed by atoms with Crippen LogP contribution in [0.2, 0.25) is 0 Å². The van der Waals surface area contributed by atoms with Gasteiger partial charge in [0.15, 0.2) is 0 Å². The summed E-state index contributed by atoms with van der Waals surface area (Å²) in [6, 6.07) is 0. The molecule has 0 bridgehead atoms. The minimum absolute atomic E-state index is 0.149. The van der Waals surface area contributed by atoms with E-state index in [-0.39, 0.29) is 11.7 Å². The molecule has 1 amide bonds. The molecule has 4 saturated heterocycles. The summed E-state index contributed by atoms with van der Waals surface area (Å²) < 4.78 is 5.39. The van der Waals surface area contributed by atoms with E-state index < -0.39 is 0 Å². The van der Waals surface area contributed by atoms with Gasteiger partial charge in [-0.2, -0.15) is 0 Å². The summed E-state index contributed by atoms with van der Waals surface area (Å²) in [4.78, 5) is 18.5. The van der Waals surface area contributed by atoms with Crippen molar-refractivity contribution >= 4 is 6.09 Å². The van der Waals surface area contributed by atoms with E-state index in [4.69, 9.17) is 4.74 Å². The Hall–Kier alpha value is -0.850. The monoisotopic (exact) mass is 352 g/mol. The van der Waals surface area contributed by atoms with Gasteiger partial charge in [-0.15, -0.1) is 0 Å². The van der Waals surface area contributed by atoms with E-state index in [9.17, 15) is 4.79 Å². The van der Waals surface area contributed by atoms with Gasteiger partial charge in [0.1, 0.15) is 5.60 Å². The molecule has 4 atom stereocenters. The Morgan fingerprint density at radius 3 is 1.72 bits per heavy atom. The van der Waals surface area contributed by atoms with Crippen LogP contribution < -0.4 is 5.32 Å². The molecule has 144 valence electrons. The Balaban J connectivity index is 0.000000170. The third-order valence-electron chi connectivity index (χ3n) is 5.89. The fraction of sp³-hybridized carbons (Fsp3) is 0.947. The number of ether oxygens (including phenoxy) is 1. The summed E-state index contributed by atoms with van der Waals surface area (Å²) in [6.45, 7) is 14.8. The molecular weight excluding hydrogens is 316 g/mol. The SMILES string of the molecule is CN1CC2CN(C(=O)OC(C)(C)C)CC2C1.CN1CC2CNCC2C1. The number of likely N-dealkylation sites (tertiary alicyclic amines) is 3. The van der Waals surface area contributed by atoms with Gasteiger partial charge in [-0.1, -0.05) is 0 Å². The summed E-state index contributed by atoms with van der Waals surface area (Å²) in [5, 5.41) is 3.42. The van der Waals surface area contributed by atoms with Crippen molar-refractivity contribution in [2.45, 2.75) is 26.4 Å². The smallest absolute Gasteiger partial charge is 0.410 e. The lowest BCUT2D eigenvalue weighted by Gasteiger charge is -2.25. The third kappa shape index (κ3) is 4.86. The number of nitrogens with zero attached hydrogens (tertiary/aromatic N) is 3. The molecule has 0 radical (unpaired) electrons. The molecule has 0 saturated carbocycles. The average Bonchev–Trinajstić information content (AvgIpc) is 3.16. The molecule has 0 aromatic rings. The van der Waals surface area contributed by atoms with E-state index in [0.717, 1.165) is 38.0 Å². The van der Waals surface area contributed by atoms with E-state index in [1.165, 1.54) is 26.2 Å². The van der Waals surface area contributed by atoms with Crippen molar-refractivity contribution in [2.75, 3.05) is 66.5 Å². The number of amides is 1. The normalized spacial score (nSPS) is 35.3. The predicted molar refractivity (Wildman–Crippen MR) is 99.6 cm³/mol. The van der Waals surface area contributed by atoms with Gasteiger partial charge in [0.25, 0.3) is 0 Å². The van der Waals surface area contributed by atoms with Crippen molar-refractivity contribution in [1.82, 2.24) is 20.0 Å². The van der Waals surface area contributed by atoms with Crippen molar-refractivity contribution < 1.29 is 9.53 Å². The summed E-state index contributed by atoms with van der Waals surface area (Å²) in [5.41, 5.74) is -0.383. The van der Waals surface area contributed by atoms with Crippen LogP contribution in [0.5, 0.6) is 0 Å². The van der Waals surface area contributed by atoms with E-state index in [2.05, 4.69) is 29.2 Å². The highest BCUT2D eigenvalue weighted by molar-refractivity contribution is 5.68. The molecule has 25 heavy (non-hydrogen) atoms. The molecule has 4 aliphatic rings. The molecule has 6 nitrogen and oxygen atoms in total. The first kappa shape index (κ1) is 18.9. The molecule has 4 unspecified atom stereocenters. The van der Waals surface area contributed by atoms with Crippen LogP contribution in [-0.2, 0) is 4.74 Å². The van der Waals surface area contributed by atoms with Gasteiger partial charge in [0.05, 0.1) is 0 Å². The predicted octanol–water partition coefficient (Wildman–Crippen LogP) is 1.18. The first-order chi connectivity index (χ1) is 11.7. The Labute approximate surface area is 152 Å². The van der Waals surface area contributed by atoms with Crippen LogP contribution in [0.1, 0.15) is 20.8 Å². The Morgan fingerprint density at radius 1 is 0.840 bits per heavy atom. The Morgan fingerprint density at radius 2 is 1.28 bits per heavy atom. The number of nitrogens with one attached hydrogen (secondary N) is 1. The van der Waals surface area contributed by atoms with Crippen LogP contribution in [0.25, 0.3) is 0 Å². The van der Waals surface area contributed by atoms with Crippen LogP contribution in [0.15, 0.2) is 0 Å². The molecule has 4 heterocycles. The summed E-state index contributed by atoms with van der Waals surface area (Å²) in [5.74, 6) is 3.24. The van der Waals surface area contributed by atoms with Crippen LogP contribution in [0, 0.1) is 23.7 Å². The zero-order valence-electron chi connectivity index (χ0n) is 16.6. The van der Waals surface area contributed by atoms with Crippen LogP contribution in [-0.4, -0.2) is 92.8 Å². The number of hydrogen-bond acceptors (Lipinski definition) is 5. The van der Waals surface area contributed by atoms with E-state index in [1.54, 1.807) is 0 Å². The molecule has 0 spiro atoms. The van der Waals surface area contributed by atoms with Gasteiger partial charge in [-0.3, -0.25) is 0 Å². The highest BCUT2D eigenvalue weighted by atomic mass is 16.6. The molecule has 0 aromatic heterocycles. The van der Waals surface area contributed by atoms with Crippen LogP contribution in [0.3, 0.4) is 0 Å². The average molecular weight is 353 g/mol. The van der Waals surface area contributed by atoms with E-state index in [1.807, 2.05) is 25.7 Å². The maximum atomic E-state index is 11.9. The fourth-order valence-electron chi connectivity index (χ4n) is 4.79. The van der Waals surface area contributed by atoms with E-state index >= 15 is 0 Å². The molecule has 4 rings (SSSR count). The van der Waals surface area contributed by atoms with E-state index in [0.29, 0.717) is 11.8 Å². The van der Waals surface area contributed by atoms with Crippen molar-refractivity contribution in [3.63, 3.8) is 0 Å². The lowest BCUT2D eigenvalue weighted by molar-refractivity contribution is 0.0276. The zero-order chi connectivity index (χ0) is 18.2. The Bertz CT molecular complexity index is 453. The summed E-state index contributed by atoms with van der Waals surface area (Å²) in [7, 11) is 4.37. The number of carbonyl (C=O) groups excluding carboxylic acids is 1. The quantitative estimate of drug-likeness (QED) is 0.709.